The molecule has 1 aliphatic rings. The van der Waals surface area contributed by atoms with Crippen molar-refractivity contribution in [3.05, 3.63) is 65.7 Å². The Balaban J connectivity index is 1.45. The van der Waals surface area contributed by atoms with Crippen molar-refractivity contribution in [2.24, 2.45) is 0 Å². The van der Waals surface area contributed by atoms with E-state index >= 15 is 0 Å². The van der Waals surface area contributed by atoms with Crippen molar-refractivity contribution in [3.8, 4) is 0 Å². The molecule has 0 saturated heterocycles. The summed E-state index contributed by atoms with van der Waals surface area (Å²) >= 11 is 1.69. The molecule has 29 heavy (non-hydrogen) atoms. The number of H-pyrrole nitrogens is 2. The molecule has 0 amide bonds. The Morgan fingerprint density at radius 2 is 2.10 bits per heavy atom. The van der Waals surface area contributed by atoms with Crippen LogP contribution in [0.4, 0.5) is 23.1 Å². The van der Waals surface area contributed by atoms with Gasteiger partial charge in [-0.15, -0.1) is 16.3 Å². The Bertz CT molecular complexity index is 1340. The number of thiophene rings is 1. The molecular weight excluding hydrogens is 380 g/mol. The molecular formula is C22H19N6S+. The van der Waals surface area contributed by atoms with E-state index in [2.05, 4.69) is 73.2 Å². The molecule has 0 atom stereocenters. The summed E-state index contributed by atoms with van der Waals surface area (Å²) in [5.41, 5.74) is 5.66. The van der Waals surface area contributed by atoms with Crippen molar-refractivity contribution in [2.45, 2.75) is 12.8 Å². The van der Waals surface area contributed by atoms with Gasteiger partial charge in [0.1, 0.15) is 10.2 Å². The predicted molar refractivity (Wildman–Crippen MR) is 117 cm³/mol. The average Bonchev–Trinajstić information content (AvgIpc) is 3.42. The van der Waals surface area contributed by atoms with Crippen LogP contribution in [0.2, 0.25) is 0 Å². The number of para-hydroxylation sites is 1. The summed E-state index contributed by atoms with van der Waals surface area (Å²) < 4.78 is 1.12. The van der Waals surface area contributed by atoms with Crippen LogP contribution in [0.1, 0.15) is 12.0 Å². The Morgan fingerprint density at radius 1 is 1.14 bits per heavy atom. The lowest BCUT2D eigenvalue weighted by atomic mass is 10.0. The van der Waals surface area contributed by atoms with Crippen LogP contribution in [0.25, 0.3) is 21.1 Å². The fourth-order valence-electron chi connectivity index (χ4n) is 4.02. The minimum atomic E-state index is 0.870. The van der Waals surface area contributed by atoms with Gasteiger partial charge in [0.05, 0.1) is 29.6 Å². The maximum absolute atomic E-state index is 4.93. The van der Waals surface area contributed by atoms with Gasteiger partial charge in [0, 0.05) is 5.39 Å². The lowest BCUT2D eigenvalue weighted by molar-refractivity contribution is -0.348. The fraction of sp³-hybridized carbons (Fsp3) is 0.136. The van der Waals surface area contributed by atoms with Crippen LogP contribution in [0, 0.1) is 0 Å². The maximum atomic E-state index is 4.93. The fourth-order valence-corrected chi connectivity index (χ4v) is 4.81. The number of nitrogens with zero attached hydrogens (tertiary/aromatic N) is 3. The van der Waals surface area contributed by atoms with E-state index in [4.69, 9.17) is 4.98 Å². The number of hydrogen-bond acceptors (Lipinski definition) is 5. The molecule has 142 valence electrons. The third kappa shape index (κ3) is 2.82. The Labute approximate surface area is 171 Å². The molecule has 4 heterocycles. The maximum Gasteiger partial charge on any atom is 0.352 e. The third-order valence-corrected chi connectivity index (χ3v) is 6.33. The third-order valence-electron chi connectivity index (χ3n) is 5.41. The number of fused-ring (bicyclic) bond motifs is 3. The van der Waals surface area contributed by atoms with Crippen molar-refractivity contribution in [1.82, 2.24) is 15.2 Å². The molecule has 6 rings (SSSR count). The second-order valence-corrected chi connectivity index (χ2v) is 8.17. The van der Waals surface area contributed by atoms with E-state index in [1.165, 1.54) is 11.3 Å². The first-order valence-corrected chi connectivity index (χ1v) is 10.6. The molecule has 0 unspecified atom stereocenters. The molecule has 2 aromatic carbocycles. The summed E-state index contributed by atoms with van der Waals surface area (Å²) in [6.07, 6.45) is 4.07. The van der Waals surface area contributed by atoms with Crippen LogP contribution in [0.15, 0.2) is 60.1 Å². The summed E-state index contributed by atoms with van der Waals surface area (Å²) in [6.45, 7) is 0.955. The summed E-state index contributed by atoms with van der Waals surface area (Å²) in [6, 6.07) is 16.9. The van der Waals surface area contributed by atoms with E-state index in [9.17, 15) is 0 Å². The van der Waals surface area contributed by atoms with E-state index in [0.29, 0.717) is 0 Å². The zero-order valence-electron chi connectivity index (χ0n) is 15.6. The van der Waals surface area contributed by atoms with Crippen molar-refractivity contribution in [1.29, 1.82) is 0 Å². The molecule has 7 heteroatoms. The van der Waals surface area contributed by atoms with E-state index in [1.54, 1.807) is 11.3 Å². The number of aromatic nitrogens is 4. The zero-order valence-corrected chi connectivity index (χ0v) is 16.5. The lowest BCUT2D eigenvalue weighted by Gasteiger charge is -2.25. The molecule has 0 saturated carbocycles. The highest BCUT2D eigenvalue weighted by molar-refractivity contribution is 7.17. The van der Waals surface area contributed by atoms with Gasteiger partial charge in [-0.25, -0.2) is 9.88 Å². The van der Waals surface area contributed by atoms with Crippen LogP contribution in [0.3, 0.4) is 0 Å². The molecule has 3 aromatic heterocycles. The minimum absolute atomic E-state index is 0.870. The Kier molecular flexibility index (Phi) is 3.73. The highest BCUT2D eigenvalue weighted by Gasteiger charge is 2.26. The van der Waals surface area contributed by atoms with E-state index in [1.807, 2.05) is 12.3 Å². The second-order valence-electron chi connectivity index (χ2n) is 7.25. The van der Waals surface area contributed by atoms with Crippen LogP contribution in [-0.4, -0.2) is 21.7 Å². The van der Waals surface area contributed by atoms with E-state index in [-0.39, 0.29) is 0 Å². The number of anilines is 4. The van der Waals surface area contributed by atoms with E-state index in [0.717, 1.165) is 58.0 Å². The van der Waals surface area contributed by atoms with Crippen LogP contribution in [0.5, 0.6) is 0 Å². The van der Waals surface area contributed by atoms with Gasteiger partial charge in [0.2, 0.25) is 5.82 Å². The Morgan fingerprint density at radius 3 is 3.10 bits per heavy atom. The van der Waals surface area contributed by atoms with Gasteiger partial charge in [-0.05, 0) is 54.1 Å². The van der Waals surface area contributed by atoms with Gasteiger partial charge in [-0.2, -0.15) is 5.10 Å². The molecule has 5 aromatic rings. The summed E-state index contributed by atoms with van der Waals surface area (Å²) in [7, 11) is 0. The standard InChI is InChI=1S/C22H18N6S/c1-2-6-19-14(4-1)5-3-10-28(19)22-25-18-9-11-29-20(18)21(26-22)24-16-7-8-17-15(12-16)13-23-27-17/h1-2,4,6-9,11-13H,3,5,10H2,(H,23,27)(H,24,25,26)/p+1. The van der Waals surface area contributed by atoms with Crippen molar-refractivity contribution < 1.29 is 4.98 Å². The molecule has 0 fully saturated rings. The highest BCUT2D eigenvalue weighted by atomic mass is 32.1. The number of benzene rings is 2. The summed E-state index contributed by atoms with van der Waals surface area (Å²) in [5.74, 6) is 1.83. The predicted octanol–water partition coefficient (Wildman–Crippen LogP) is 4.81. The first-order valence-electron chi connectivity index (χ1n) is 9.71. The molecule has 0 spiro atoms. The topological polar surface area (TPSA) is 71.0 Å². The summed E-state index contributed by atoms with van der Waals surface area (Å²) in [5, 5.41) is 13.8. The van der Waals surface area contributed by atoms with Gasteiger partial charge in [0.25, 0.3) is 0 Å². The van der Waals surface area contributed by atoms with Gasteiger partial charge in [-0.3, -0.25) is 10.4 Å². The monoisotopic (exact) mass is 399 g/mol. The number of aryl methyl sites for hydroxylation is 1. The SMILES string of the molecule is c1ccc2c(c1)CCCN2c1nc2ccsc2c(Nc2ccc3[nH]ncc3c2)[nH+]1. The molecule has 0 aliphatic carbocycles. The second kappa shape index (κ2) is 6.56. The number of aromatic amines is 2. The first-order chi connectivity index (χ1) is 14.3. The highest BCUT2D eigenvalue weighted by Crippen LogP contribution is 2.33. The number of hydrogen-bond donors (Lipinski definition) is 2. The van der Waals surface area contributed by atoms with Gasteiger partial charge < -0.3 is 0 Å². The Hall–Kier alpha value is -3.45. The van der Waals surface area contributed by atoms with Crippen LogP contribution >= 0.6 is 11.3 Å². The molecule has 1 aliphatic heterocycles. The van der Waals surface area contributed by atoms with Crippen LogP contribution < -0.4 is 15.2 Å². The molecule has 3 N–H and O–H groups in total. The van der Waals surface area contributed by atoms with Crippen molar-refractivity contribution in [2.75, 3.05) is 16.8 Å². The van der Waals surface area contributed by atoms with E-state index < -0.39 is 0 Å². The first kappa shape index (κ1) is 16.5. The minimum Gasteiger partial charge on any atom is -0.289 e. The lowest BCUT2D eigenvalue weighted by Crippen LogP contribution is -2.31. The average molecular weight is 400 g/mol. The van der Waals surface area contributed by atoms with Gasteiger partial charge in [0.15, 0.2) is 0 Å². The normalized spacial score (nSPS) is 13.7. The number of nitrogens with one attached hydrogen (secondary N) is 3. The molecule has 0 bridgehead atoms. The smallest absolute Gasteiger partial charge is 0.289 e. The van der Waals surface area contributed by atoms with Crippen molar-refractivity contribution in [3.63, 3.8) is 0 Å². The largest absolute Gasteiger partial charge is 0.352 e. The molecule has 0 radical (unpaired) electrons. The quantitative estimate of drug-likeness (QED) is 0.456. The van der Waals surface area contributed by atoms with Gasteiger partial charge >= 0.3 is 5.95 Å². The van der Waals surface area contributed by atoms with Gasteiger partial charge in [-0.1, -0.05) is 18.2 Å². The zero-order chi connectivity index (χ0) is 19.2. The van der Waals surface area contributed by atoms with Crippen LogP contribution in [-0.2, 0) is 6.42 Å². The summed E-state index contributed by atoms with van der Waals surface area (Å²) in [4.78, 5) is 10.8. The van der Waals surface area contributed by atoms with Crippen molar-refractivity contribution >= 4 is 55.6 Å². The number of rotatable bonds is 3. The molecule has 6 nitrogen and oxygen atoms in total.